The Kier molecular flexibility index (Phi) is 2.25. The van der Waals surface area contributed by atoms with Gasteiger partial charge in [0.25, 0.3) is 0 Å². The molecule has 2 rings (SSSR count). The van der Waals surface area contributed by atoms with Gasteiger partial charge in [-0.05, 0) is 24.3 Å². The van der Waals surface area contributed by atoms with Crippen LogP contribution in [0.3, 0.4) is 0 Å². The minimum atomic E-state index is -0.441. The molecule has 0 aliphatic carbocycles. The molecule has 0 saturated heterocycles. The highest BCUT2D eigenvalue weighted by Crippen LogP contribution is 2.17. The van der Waals surface area contributed by atoms with Crippen molar-refractivity contribution in [1.82, 2.24) is 4.57 Å². The number of methoxy groups -OCH3 is 1. The van der Waals surface area contributed by atoms with Crippen molar-refractivity contribution in [3.05, 3.63) is 36.0 Å². The SMILES string of the molecule is COC(=O)n1ccc2cc(C=O)ccc21. The summed E-state index contributed by atoms with van der Waals surface area (Å²) < 4.78 is 6.01. The van der Waals surface area contributed by atoms with Crippen molar-refractivity contribution in [3.63, 3.8) is 0 Å². The summed E-state index contributed by atoms with van der Waals surface area (Å²) in [4.78, 5) is 21.9. The van der Waals surface area contributed by atoms with Crippen LogP contribution in [0.5, 0.6) is 0 Å². The van der Waals surface area contributed by atoms with Crippen molar-refractivity contribution in [2.24, 2.45) is 0 Å². The predicted molar refractivity (Wildman–Crippen MR) is 55.1 cm³/mol. The lowest BCUT2D eigenvalue weighted by atomic mass is 10.2. The Hall–Kier alpha value is -2.10. The molecule has 0 aliphatic heterocycles. The molecule has 76 valence electrons. The van der Waals surface area contributed by atoms with E-state index in [0.29, 0.717) is 5.56 Å². The van der Waals surface area contributed by atoms with Gasteiger partial charge in [-0.1, -0.05) is 0 Å². The lowest BCUT2D eigenvalue weighted by molar-refractivity contribution is 0.112. The second kappa shape index (κ2) is 3.57. The summed E-state index contributed by atoms with van der Waals surface area (Å²) in [5.74, 6) is 0. The van der Waals surface area contributed by atoms with Crippen LogP contribution >= 0.6 is 0 Å². The molecule has 0 amide bonds. The van der Waals surface area contributed by atoms with E-state index in [2.05, 4.69) is 4.74 Å². The molecule has 0 atom stereocenters. The highest BCUT2D eigenvalue weighted by Gasteiger charge is 2.08. The number of carbonyl (C=O) groups excluding carboxylic acids is 2. The molecule has 1 aromatic carbocycles. The van der Waals surface area contributed by atoms with Crippen LogP contribution in [0, 0.1) is 0 Å². The maximum atomic E-state index is 11.3. The van der Waals surface area contributed by atoms with Crippen molar-refractivity contribution in [3.8, 4) is 0 Å². The number of fused-ring (bicyclic) bond motifs is 1. The number of carbonyl (C=O) groups is 2. The lowest BCUT2D eigenvalue weighted by Gasteiger charge is -2.01. The van der Waals surface area contributed by atoms with E-state index < -0.39 is 6.09 Å². The van der Waals surface area contributed by atoms with Crippen LogP contribution in [0.2, 0.25) is 0 Å². The van der Waals surface area contributed by atoms with Gasteiger partial charge in [0, 0.05) is 17.1 Å². The zero-order valence-corrected chi connectivity index (χ0v) is 8.14. The van der Waals surface area contributed by atoms with E-state index in [1.807, 2.05) is 0 Å². The van der Waals surface area contributed by atoms with Gasteiger partial charge in [-0.25, -0.2) is 4.79 Å². The molecule has 0 N–H and O–H groups in total. The number of nitrogens with zero attached hydrogens (tertiary/aromatic N) is 1. The third-order valence-electron chi connectivity index (χ3n) is 2.22. The Morgan fingerprint density at radius 3 is 2.87 bits per heavy atom. The maximum absolute atomic E-state index is 11.3. The van der Waals surface area contributed by atoms with E-state index in [4.69, 9.17) is 0 Å². The molecule has 4 nitrogen and oxygen atoms in total. The Morgan fingerprint density at radius 2 is 2.20 bits per heavy atom. The lowest BCUT2D eigenvalue weighted by Crippen LogP contribution is -2.09. The molecule has 0 aliphatic rings. The summed E-state index contributed by atoms with van der Waals surface area (Å²) in [5, 5.41) is 0.838. The molecular weight excluding hydrogens is 194 g/mol. The number of aromatic nitrogens is 1. The number of hydrogen-bond acceptors (Lipinski definition) is 3. The fourth-order valence-corrected chi connectivity index (χ4v) is 1.49. The van der Waals surface area contributed by atoms with E-state index in [-0.39, 0.29) is 0 Å². The Bertz CT molecular complexity index is 528. The molecule has 1 aromatic heterocycles. The topological polar surface area (TPSA) is 48.3 Å². The highest BCUT2D eigenvalue weighted by molar-refractivity contribution is 5.92. The van der Waals surface area contributed by atoms with Crippen molar-refractivity contribution in [1.29, 1.82) is 0 Å². The van der Waals surface area contributed by atoms with Crippen molar-refractivity contribution >= 4 is 23.3 Å². The molecule has 0 saturated carbocycles. The van der Waals surface area contributed by atoms with Gasteiger partial charge in [0.2, 0.25) is 0 Å². The molecule has 15 heavy (non-hydrogen) atoms. The number of rotatable bonds is 1. The standard InChI is InChI=1S/C11H9NO3/c1-15-11(14)12-5-4-9-6-8(7-13)2-3-10(9)12/h2-7H,1H3. The van der Waals surface area contributed by atoms with Crippen molar-refractivity contribution < 1.29 is 14.3 Å². The molecule has 0 unspecified atom stereocenters. The fourth-order valence-electron chi connectivity index (χ4n) is 1.49. The second-order valence-electron chi connectivity index (χ2n) is 3.09. The van der Waals surface area contributed by atoms with Gasteiger partial charge < -0.3 is 4.74 Å². The van der Waals surface area contributed by atoms with Crippen LogP contribution in [0.1, 0.15) is 10.4 Å². The molecule has 1 heterocycles. The first kappa shape index (κ1) is 9.45. The fraction of sp³-hybridized carbons (Fsp3) is 0.0909. The predicted octanol–water partition coefficient (Wildman–Crippen LogP) is 2.07. The minimum absolute atomic E-state index is 0.441. The molecule has 0 bridgehead atoms. The van der Waals surface area contributed by atoms with E-state index in [9.17, 15) is 9.59 Å². The summed E-state index contributed by atoms with van der Waals surface area (Å²) in [6.45, 7) is 0. The van der Waals surface area contributed by atoms with Crippen molar-refractivity contribution in [2.75, 3.05) is 7.11 Å². The minimum Gasteiger partial charge on any atom is -0.452 e. The molecule has 4 heteroatoms. The van der Waals surface area contributed by atoms with E-state index in [1.165, 1.54) is 11.7 Å². The largest absolute Gasteiger partial charge is 0.452 e. The first-order chi connectivity index (χ1) is 7.26. The van der Waals surface area contributed by atoms with Gasteiger partial charge in [-0.2, -0.15) is 0 Å². The molecule has 2 aromatic rings. The summed E-state index contributed by atoms with van der Waals surface area (Å²) in [5.41, 5.74) is 1.32. The quantitative estimate of drug-likeness (QED) is 0.666. The van der Waals surface area contributed by atoms with Gasteiger partial charge >= 0.3 is 6.09 Å². The molecule has 0 spiro atoms. The smallest absolute Gasteiger partial charge is 0.418 e. The molecule has 0 fully saturated rings. The highest BCUT2D eigenvalue weighted by atomic mass is 16.5. The summed E-state index contributed by atoms with van der Waals surface area (Å²) in [6.07, 6.45) is 1.95. The summed E-state index contributed by atoms with van der Waals surface area (Å²) in [6, 6.07) is 6.87. The van der Waals surface area contributed by atoms with Gasteiger partial charge in [-0.3, -0.25) is 9.36 Å². The van der Waals surface area contributed by atoms with Crippen LogP contribution in [0.4, 0.5) is 4.79 Å². The van der Waals surface area contributed by atoms with Gasteiger partial charge in [0.1, 0.15) is 6.29 Å². The monoisotopic (exact) mass is 203 g/mol. The van der Waals surface area contributed by atoms with Crippen LogP contribution in [-0.2, 0) is 4.74 Å². The van der Waals surface area contributed by atoms with Crippen LogP contribution in [-0.4, -0.2) is 24.1 Å². The summed E-state index contributed by atoms with van der Waals surface area (Å²) >= 11 is 0. The molecular formula is C11H9NO3. The average molecular weight is 203 g/mol. The van der Waals surface area contributed by atoms with E-state index in [1.54, 1.807) is 30.5 Å². The van der Waals surface area contributed by atoms with Crippen LogP contribution in [0.15, 0.2) is 30.5 Å². The van der Waals surface area contributed by atoms with Gasteiger partial charge in [0.15, 0.2) is 0 Å². The third-order valence-corrected chi connectivity index (χ3v) is 2.22. The van der Waals surface area contributed by atoms with Gasteiger partial charge in [-0.15, -0.1) is 0 Å². The third kappa shape index (κ3) is 1.50. The first-order valence-electron chi connectivity index (χ1n) is 4.41. The zero-order valence-electron chi connectivity index (χ0n) is 8.14. The normalized spacial score (nSPS) is 10.2. The van der Waals surface area contributed by atoms with Crippen LogP contribution in [0.25, 0.3) is 10.9 Å². The average Bonchev–Trinajstić information content (AvgIpc) is 2.70. The molecule has 0 radical (unpaired) electrons. The van der Waals surface area contributed by atoms with E-state index in [0.717, 1.165) is 17.2 Å². The number of hydrogen-bond donors (Lipinski definition) is 0. The maximum Gasteiger partial charge on any atom is 0.418 e. The zero-order chi connectivity index (χ0) is 10.8. The Morgan fingerprint density at radius 1 is 1.40 bits per heavy atom. The number of aldehydes is 1. The van der Waals surface area contributed by atoms with Crippen LogP contribution < -0.4 is 0 Å². The number of benzene rings is 1. The second-order valence-corrected chi connectivity index (χ2v) is 3.09. The Balaban J connectivity index is 2.61. The Labute approximate surface area is 86.1 Å². The number of ether oxygens (including phenoxy) is 1. The summed E-state index contributed by atoms with van der Waals surface area (Å²) in [7, 11) is 1.33. The van der Waals surface area contributed by atoms with E-state index >= 15 is 0 Å². The first-order valence-corrected chi connectivity index (χ1v) is 4.41. The van der Waals surface area contributed by atoms with Crippen molar-refractivity contribution in [2.45, 2.75) is 0 Å². The van der Waals surface area contributed by atoms with Gasteiger partial charge in [0.05, 0.1) is 12.6 Å².